The number of aromatic nitrogens is 1. The summed E-state index contributed by atoms with van der Waals surface area (Å²) in [6.07, 6.45) is 3.03. The summed E-state index contributed by atoms with van der Waals surface area (Å²) in [6, 6.07) is 4.71. The van der Waals surface area contributed by atoms with E-state index in [0.29, 0.717) is 6.42 Å². The predicted octanol–water partition coefficient (Wildman–Crippen LogP) is 2.62. The van der Waals surface area contributed by atoms with E-state index in [2.05, 4.69) is 4.98 Å². The van der Waals surface area contributed by atoms with Crippen molar-refractivity contribution in [1.82, 2.24) is 4.98 Å². The van der Waals surface area contributed by atoms with Crippen LogP contribution in [-0.2, 0) is 6.42 Å². The summed E-state index contributed by atoms with van der Waals surface area (Å²) in [5.41, 5.74) is 2.00. The molecule has 2 N–H and O–H groups in total. The fourth-order valence-corrected chi connectivity index (χ4v) is 1.72. The van der Waals surface area contributed by atoms with E-state index in [1.807, 2.05) is 6.20 Å². The number of aryl methyl sites for hydroxylation is 1. The number of hydrogen-bond donors (Lipinski definition) is 2. The van der Waals surface area contributed by atoms with Crippen LogP contribution in [-0.4, -0.2) is 16.2 Å². The van der Waals surface area contributed by atoms with E-state index in [9.17, 15) is 9.50 Å². The number of aromatic amines is 1. The van der Waals surface area contributed by atoms with Crippen molar-refractivity contribution in [2.45, 2.75) is 25.9 Å². The fourth-order valence-electron chi connectivity index (χ4n) is 1.72. The molecule has 2 rings (SSSR count). The van der Waals surface area contributed by atoms with Crippen molar-refractivity contribution >= 4 is 10.9 Å². The van der Waals surface area contributed by atoms with Gasteiger partial charge in [-0.1, -0.05) is 0 Å². The van der Waals surface area contributed by atoms with Crippen LogP contribution in [0.4, 0.5) is 4.39 Å². The van der Waals surface area contributed by atoms with Gasteiger partial charge in [0.25, 0.3) is 0 Å². The van der Waals surface area contributed by atoms with Crippen molar-refractivity contribution in [2.24, 2.45) is 0 Å². The number of fused-ring (bicyclic) bond motifs is 1. The second-order valence-corrected chi connectivity index (χ2v) is 3.89. The Kier molecular flexibility index (Phi) is 2.73. The number of rotatable bonds is 3. The monoisotopic (exact) mass is 207 g/mol. The van der Waals surface area contributed by atoms with Gasteiger partial charge in [0.15, 0.2) is 0 Å². The molecule has 0 aliphatic rings. The summed E-state index contributed by atoms with van der Waals surface area (Å²) in [5.74, 6) is -0.222. The number of hydrogen-bond acceptors (Lipinski definition) is 1. The molecule has 15 heavy (non-hydrogen) atoms. The molecular weight excluding hydrogens is 193 g/mol. The van der Waals surface area contributed by atoms with Gasteiger partial charge in [-0.2, -0.15) is 0 Å². The Labute approximate surface area is 87.7 Å². The van der Waals surface area contributed by atoms with Crippen LogP contribution >= 0.6 is 0 Å². The van der Waals surface area contributed by atoms with Crippen LogP contribution in [0.15, 0.2) is 24.4 Å². The van der Waals surface area contributed by atoms with Gasteiger partial charge in [0.05, 0.1) is 6.10 Å². The lowest BCUT2D eigenvalue weighted by molar-refractivity contribution is 0.185. The molecule has 0 saturated heterocycles. The van der Waals surface area contributed by atoms with E-state index < -0.39 is 0 Å². The average Bonchev–Trinajstić information content (AvgIpc) is 2.57. The van der Waals surface area contributed by atoms with Crippen LogP contribution in [0.2, 0.25) is 0 Å². The maximum absolute atomic E-state index is 13.0. The van der Waals surface area contributed by atoms with Gasteiger partial charge < -0.3 is 10.1 Å². The molecule has 2 nitrogen and oxygen atoms in total. The lowest BCUT2D eigenvalue weighted by atomic mass is 10.1. The number of aliphatic hydroxyl groups is 1. The fraction of sp³-hybridized carbons (Fsp3) is 0.333. The first-order valence-electron chi connectivity index (χ1n) is 5.10. The van der Waals surface area contributed by atoms with Gasteiger partial charge in [-0.15, -0.1) is 0 Å². The molecule has 1 atom stereocenters. The van der Waals surface area contributed by atoms with Crippen molar-refractivity contribution in [3.63, 3.8) is 0 Å². The molecular formula is C12H14FNO. The zero-order valence-corrected chi connectivity index (χ0v) is 8.63. The van der Waals surface area contributed by atoms with E-state index in [0.717, 1.165) is 22.9 Å². The average molecular weight is 207 g/mol. The van der Waals surface area contributed by atoms with Crippen LogP contribution in [0.5, 0.6) is 0 Å². The lowest BCUT2D eigenvalue weighted by Gasteiger charge is -2.02. The molecule has 1 heterocycles. The van der Waals surface area contributed by atoms with Gasteiger partial charge in [-0.25, -0.2) is 4.39 Å². The van der Waals surface area contributed by atoms with Crippen LogP contribution in [0, 0.1) is 5.82 Å². The van der Waals surface area contributed by atoms with Gasteiger partial charge in [-0.3, -0.25) is 0 Å². The van der Waals surface area contributed by atoms with Gasteiger partial charge in [-0.05, 0) is 43.5 Å². The van der Waals surface area contributed by atoms with Crippen LogP contribution in [0.1, 0.15) is 18.9 Å². The minimum Gasteiger partial charge on any atom is -0.393 e. The van der Waals surface area contributed by atoms with Crippen molar-refractivity contribution in [1.29, 1.82) is 0 Å². The van der Waals surface area contributed by atoms with E-state index >= 15 is 0 Å². The normalized spacial score (nSPS) is 13.3. The van der Waals surface area contributed by atoms with Crippen molar-refractivity contribution in [2.75, 3.05) is 0 Å². The molecule has 0 amide bonds. The quantitative estimate of drug-likeness (QED) is 0.797. The molecule has 0 bridgehead atoms. The summed E-state index contributed by atoms with van der Waals surface area (Å²) >= 11 is 0. The zero-order valence-electron chi connectivity index (χ0n) is 8.63. The molecule has 0 saturated carbocycles. The Morgan fingerprint density at radius 2 is 2.27 bits per heavy atom. The Hall–Kier alpha value is -1.35. The SMILES string of the molecule is C[C@H](O)CCc1c[nH]c2ccc(F)cc12. The molecule has 1 aromatic heterocycles. The number of benzene rings is 1. The predicted molar refractivity (Wildman–Crippen MR) is 58.3 cm³/mol. The third kappa shape index (κ3) is 2.18. The molecule has 0 fully saturated rings. The van der Waals surface area contributed by atoms with E-state index in [1.54, 1.807) is 13.0 Å². The van der Waals surface area contributed by atoms with Gasteiger partial charge in [0.1, 0.15) is 5.82 Å². The standard InChI is InChI=1S/C12H14FNO/c1-8(15)2-3-9-7-14-12-5-4-10(13)6-11(9)12/h4-8,14-15H,2-3H2,1H3/t8-/m0/s1. The third-order valence-electron chi connectivity index (χ3n) is 2.56. The summed E-state index contributed by atoms with van der Waals surface area (Å²) in [5, 5.41) is 10.1. The number of aliphatic hydroxyl groups excluding tert-OH is 1. The Morgan fingerprint density at radius 1 is 1.47 bits per heavy atom. The maximum atomic E-state index is 13.0. The molecule has 1 aromatic carbocycles. The van der Waals surface area contributed by atoms with Crippen molar-refractivity contribution in [3.8, 4) is 0 Å². The highest BCUT2D eigenvalue weighted by molar-refractivity contribution is 5.83. The maximum Gasteiger partial charge on any atom is 0.123 e. The Morgan fingerprint density at radius 3 is 3.00 bits per heavy atom. The molecule has 0 radical (unpaired) electrons. The zero-order chi connectivity index (χ0) is 10.8. The van der Waals surface area contributed by atoms with Crippen LogP contribution < -0.4 is 0 Å². The first-order chi connectivity index (χ1) is 7.16. The number of halogens is 1. The van der Waals surface area contributed by atoms with Gasteiger partial charge >= 0.3 is 0 Å². The summed E-state index contributed by atoms with van der Waals surface area (Å²) in [7, 11) is 0. The van der Waals surface area contributed by atoms with Gasteiger partial charge in [0, 0.05) is 17.1 Å². The Balaban J connectivity index is 2.31. The molecule has 0 spiro atoms. The largest absolute Gasteiger partial charge is 0.393 e. The molecule has 80 valence electrons. The summed E-state index contributed by atoms with van der Waals surface area (Å²) in [4.78, 5) is 3.09. The third-order valence-corrected chi connectivity index (χ3v) is 2.56. The molecule has 0 unspecified atom stereocenters. The van der Waals surface area contributed by atoms with E-state index in [1.165, 1.54) is 12.1 Å². The topological polar surface area (TPSA) is 36.0 Å². The number of nitrogens with one attached hydrogen (secondary N) is 1. The highest BCUT2D eigenvalue weighted by Gasteiger charge is 2.05. The highest BCUT2D eigenvalue weighted by atomic mass is 19.1. The molecule has 3 heteroatoms. The van der Waals surface area contributed by atoms with Crippen molar-refractivity contribution in [3.05, 3.63) is 35.8 Å². The lowest BCUT2D eigenvalue weighted by Crippen LogP contribution is -2.00. The summed E-state index contributed by atoms with van der Waals surface area (Å²) < 4.78 is 13.0. The number of H-pyrrole nitrogens is 1. The summed E-state index contributed by atoms with van der Waals surface area (Å²) in [6.45, 7) is 1.76. The highest BCUT2D eigenvalue weighted by Crippen LogP contribution is 2.20. The van der Waals surface area contributed by atoms with Crippen LogP contribution in [0.3, 0.4) is 0 Å². The minimum absolute atomic E-state index is 0.222. The Bertz CT molecular complexity index is 462. The van der Waals surface area contributed by atoms with E-state index in [-0.39, 0.29) is 11.9 Å². The van der Waals surface area contributed by atoms with E-state index in [4.69, 9.17) is 0 Å². The van der Waals surface area contributed by atoms with Gasteiger partial charge in [0.2, 0.25) is 0 Å². The smallest absolute Gasteiger partial charge is 0.123 e. The molecule has 2 aromatic rings. The minimum atomic E-state index is -0.316. The van der Waals surface area contributed by atoms with Crippen molar-refractivity contribution < 1.29 is 9.50 Å². The first kappa shape index (κ1) is 10.2. The first-order valence-corrected chi connectivity index (χ1v) is 5.10. The molecule has 0 aliphatic heterocycles. The molecule has 0 aliphatic carbocycles. The second-order valence-electron chi connectivity index (χ2n) is 3.89. The second kappa shape index (κ2) is 4.03. The van der Waals surface area contributed by atoms with Crippen LogP contribution in [0.25, 0.3) is 10.9 Å².